The fourth-order valence-electron chi connectivity index (χ4n) is 4.23. The van der Waals surface area contributed by atoms with E-state index in [9.17, 15) is 9.18 Å². The Hall–Kier alpha value is -2.34. The number of rotatable bonds is 3. The zero-order valence-corrected chi connectivity index (χ0v) is 14.8. The van der Waals surface area contributed by atoms with Crippen LogP contribution in [0.1, 0.15) is 31.1 Å². The Morgan fingerprint density at radius 3 is 2.73 bits per heavy atom. The van der Waals surface area contributed by atoms with E-state index in [0.717, 1.165) is 37.9 Å². The summed E-state index contributed by atoms with van der Waals surface area (Å²) in [5.41, 5.74) is 7.57. The van der Waals surface area contributed by atoms with E-state index >= 15 is 0 Å². The molecule has 0 unspecified atom stereocenters. The van der Waals surface area contributed by atoms with E-state index in [1.165, 1.54) is 6.07 Å². The van der Waals surface area contributed by atoms with Crippen molar-refractivity contribution in [3.05, 3.63) is 40.1 Å². The van der Waals surface area contributed by atoms with E-state index in [4.69, 9.17) is 10.2 Å². The molecule has 1 atom stereocenters. The molecule has 2 aromatic heterocycles. The Morgan fingerprint density at radius 1 is 1.23 bits per heavy atom. The summed E-state index contributed by atoms with van der Waals surface area (Å²) in [5.74, 6) is 0.791. The van der Waals surface area contributed by atoms with E-state index in [-0.39, 0.29) is 17.4 Å². The highest BCUT2D eigenvalue weighted by Crippen LogP contribution is 2.40. The summed E-state index contributed by atoms with van der Waals surface area (Å²) in [6, 6.07) is 5.33. The summed E-state index contributed by atoms with van der Waals surface area (Å²) in [5, 5.41) is 1.22. The standard InChI is InChI=1S/C20H22FN3O2/c1-11-6-15-19(26-11)14-7-16(21)18(23-5-4-12(9-22)10-23)8-17(14)24(20(15)25)13-2-3-13/h6-8,12-13H,2-5,9-10,22H2,1H3/t12-/m1/s1. The lowest BCUT2D eigenvalue weighted by Gasteiger charge is -2.21. The third-order valence-corrected chi connectivity index (χ3v) is 5.75. The van der Waals surface area contributed by atoms with Gasteiger partial charge in [0.2, 0.25) is 0 Å². The summed E-state index contributed by atoms with van der Waals surface area (Å²) in [6.45, 7) is 3.98. The third-order valence-electron chi connectivity index (χ3n) is 5.75. The normalized spacial score (nSPS) is 20.6. The van der Waals surface area contributed by atoms with Gasteiger partial charge in [0.05, 0.1) is 16.6 Å². The van der Waals surface area contributed by atoms with Crippen molar-refractivity contribution < 1.29 is 8.81 Å². The molecular weight excluding hydrogens is 333 g/mol. The molecule has 2 aliphatic rings. The Labute approximate surface area is 150 Å². The number of aromatic nitrogens is 1. The lowest BCUT2D eigenvalue weighted by molar-refractivity contribution is 0.579. The predicted octanol–water partition coefficient (Wildman–Crippen LogP) is 3.32. The van der Waals surface area contributed by atoms with Gasteiger partial charge in [0.25, 0.3) is 5.56 Å². The predicted molar refractivity (Wildman–Crippen MR) is 100 cm³/mol. The van der Waals surface area contributed by atoms with Crippen LogP contribution >= 0.6 is 0 Å². The first kappa shape index (κ1) is 15.9. The van der Waals surface area contributed by atoms with Gasteiger partial charge in [-0.1, -0.05) is 0 Å². The fraction of sp³-hybridized carbons (Fsp3) is 0.450. The molecule has 1 saturated heterocycles. The van der Waals surface area contributed by atoms with Gasteiger partial charge in [-0.25, -0.2) is 4.39 Å². The van der Waals surface area contributed by atoms with Crippen molar-refractivity contribution in [2.75, 3.05) is 24.5 Å². The average Bonchev–Trinajstić information content (AvgIpc) is 3.19. The average molecular weight is 355 g/mol. The number of fused-ring (bicyclic) bond motifs is 3. The van der Waals surface area contributed by atoms with Crippen LogP contribution in [0, 0.1) is 18.7 Å². The summed E-state index contributed by atoms with van der Waals surface area (Å²) in [7, 11) is 0. The number of halogens is 1. The Balaban J connectivity index is 1.78. The number of furan rings is 1. The van der Waals surface area contributed by atoms with Crippen LogP contribution < -0.4 is 16.2 Å². The first-order chi connectivity index (χ1) is 12.6. The number of aryl methyl sites for hydroxylation is 1. The number of pyridine rings is 1. The first-order valence-electron chi connectivity index (χ1n) is 9.29. The SMILES string of the molecule is Cc1cc2c(=O)n(C3CC3)c3cc(N4CC[C@H](CN)C4)c(F)cc3c2o1. The van der Waals surface area contributed by atoms with Crippen molar-refractivity contribution in [1.82, 2.24) is 4.57 Å². The van der Waals surface area contributed by atoms with Gasteiger partial charge in [-0.15, -0.1) is 0 Å². The summed E-state index contributed by atoms with van der Waals surface area (Å²) in [6.07, 6.45) is 2.95. The molecule has 0 bridgehead atoms. The fourth-order valence-corrected chi connectivity index (χ4v) is 4.23. The Morgan fingerprint density at radius 2 is 2.04 bits per heavy atom. The minimum Gasteiger partial charge on any atom is -0.460 e. The molecule has 0 amide bonds. The van der Waals surface area contributed by atoms with Crippen LogP contribution in [-0.4, -0.2) is 24.2 Å². The van der Waals surface area contributed by atoms with Crippen LogP contribution in [0.15, 0.2) is 27.4 Å². The summed E-state index contributed by atoms with van der Waals surface area (Å²) in [4.78, 5) is 15.1. The maximum absolute atomic E-state index is 15.0. The number of nitrogens with two attached hydrogens (primary N) is 1. The zero-order chi connectivity index (χ0) is 18.0. The summed E-state index contributed by atoms with van der Waals surface area (Å²) < 4.78 is 22.6. The molecule has 5 rings (SSSR count). The molecule has 3 heterocycles. The number of anilines is 1. The topological polar surface area (TPSA) is 64.4 Å². The number of nitrogens with zero attached hydrogens (tertiary/aromatic N) is 2. The summed E-state index contributed by atoms with van der Waals surface area (Å²) >= 11 is 0. The van der Waals surface area contributed by atoms with Crippen LogP contribution in [0.3, 0.4) is 0 Å². The van der Waals surface area contributed by atoms with Gasteiger partial charge in [0, 0.05) is 24.5 Å². The second-order valence-electron chi connectivity index (χ2n) is 7.66. The van der Waals surface area contributed by atoms with Crippen molar-refractivity contribution in [1.29, 1.82) is 0 Å². The molecule has 1 aromatic carbocycles. The van der Waals surface area contributed by atoms with Crippen molar-refractivity contribution in [2.24, 2.45) is 11.7 Å². The van der Waals surface area contributed by atoms with Gasteiger partial charge in [-0.2, -0.15) is 0 Å². The number of hydrogen-bond acceptors (Lipinski definition) is 4. The second-order valence-corrected chi connectivity index (χ2v) is 7.66. The number of hydrogen-bond donors (Lipinski definition) is 1. The van der Waals surface area contributed by atoms with Crippen molar-refractivity contribution in [3.63, 3.8) is 0 Å². The monoisotopic (exact) mass is 355 g/mol. The molecule has 1 aliphatic carbocycles. The smallest absolute Gasteiger partial charge is 0.262 e. The molecule has 1 aliphatic heterocycles. The van der Waals surface area contributed by atoms with Gasteiger partial charge in [-0.05, 0) is 56.8 Å². The molecule has 0 radical (unpaired) electrons. The van der Waals surface area contributed by atoms with Gasteiger partial charge in [0.15, 0.2) is 0 Å². The van der Waals surface area contributed by atoms with E-state index in [1.54, 1.807) is 6.07 Å². The third kappa shape index (κ3) is 2.28. The largest absolute Gasteiger partial charge is 0.460 e. The maximum atomic E-state index is 15.0. The van der Waals surface area contributed by atoms with E-state index in [0.29, 0.717) is 40.3 Å². The maximum Gasteiger partial charge on any atom is 0.262 e. The van der Waals surface area contributed by atoms with Gasteiger partial charge >= 0.3 is 0 Å². The molecule has 6 heteroatoms. The minimum atomic E-state index is -0.272. The molecule has 136 valence electrons. The lowest BCUT2D eigenvalue weighted by Crippen LogP contribution is -2.24. The zero-order valence-electron chi connectivity index (χ0n) is 14.8. The molecule has 26 heavy (non-hydrogen) atoms. The molecule has 2 fully saturated rings. The molecule has 1 saturated carbocycles. The van der Waals surface area contributed by atoms with Gasteiger partial charge < -0.3 is 19.6 Å². The second kappa shape index (κ2) is 5.58. The van der Waals surface area contributed by atoms with Gasteiger partial charge in [-0.3, -0.25) is 4.79 Å². The van der Waals surface area contributed by atoms with Gasteiger partial charge in [0.1, 0.15) is 17.2 Å². The quantitative estimate of drug-likeness (QED) is 0.783. The molecule has 2 N–H and O–H groups in total. The highest BCUT2D eigenvalue weighted by Gasteiger charge is 2.30. The lowest BCUT2D eigenvalue weighted by atomic mass is 10.1. The first-order valence-corrected chi connectivity index (χ1v) is 9.29. The van der Waals surface area contributed by atoms with Crippen LogP contribution in [0.5, 0.6) is 0 Å². The van der Waals surface area contributed by atoms with E-state index in [1.807, 2.05) is 22.5 Å². The van der Waals surface area contributed by atoms with Crippen LogP contribution in [-0.2, 0) is 0 Å². The molecule has 5 nitrogen and oxygen atoms in total. The minimum absolute atomic E-state index is 0.0364. The van der Waals surface area contributed by atoms with E-state index < -0.39 is 0 Å². The Bertz CT molecular complexity index is 1080. The van der Waals surface area contributed by atoms with Crippen LogP contribution in [0.4, 0.5) is 10.1 Å². The molecule has 0 spiro atoms. The van der Waals surface area contributed by atoms with Crippen molar-refractivity contribution >= 4 is 27.6 Å². The van der Waals surface area contributed by atoms with Crippen molar-refractivity contribution in [3.8, 4) is 0 Å². The highest BCUT2D eigenvalue weighted by molar-refractivity contribution is 6.03. The molecule has 3 aromatic rings. The number of benzene rings is 1. The van der Waals surface area contributed by atoms with Crippen molar-refractivity contribution in [2.45, 2.75) is 32.2 Å². The van der Waals surface area contributed by atoms with E-state index in [2.05, 4.69) is 0 Å². The van der Waals surface area contributed by atoms with Crippen LogP contribution in [0.25, 0.3) is 21.9 Å². The van der Waals surface area contributed by atoms with Crippen LogP contribution in [0.2, 0.25) is 0 Å². The highest BCUT2D eigenvalue weighted by atomic mass is 19.1. The molecular formula is C20H22FN3O2. The Kier molecular flexibility index (Phi) is 3.41.